The maximum absolute atomic E-state index is 11.3. The third-order valence-electron chi connectivity index (χ3n) is 3.21. The number of hydrogen-bond donors (Lipinski definition) is 1. The largest absolute Gasteiger partial charge is 0.466 e. The molecule has 21 heavy (non-hydrogen) atoms. The maximum Gasteiger partial charge on any atom is 0.308 e. The zero-order valence-electron chi connectivity index (χ0n) is 12.2. The molecule has 110 valence electrons. The highest BCUT2D eigenvalue weighted by Crippen LogP contribution is 2.20. The molecule has 0 aromatic heterocycles. The number of aliphatic hydroxyl groups excluding tert-OH is 1. The van der Waals surface area contributed by atoms with Gasteiger partial charge in [0.2, 0.25) is 0 Å². The summed E-state index contributed by atoms with van der Waals surface area (Å²) in [5, 5.41) is 9.96. The van der Waals surface area contributed by atoms with E-state index in [1.165, 1.54) is 0 Å². The van der Waals surface area contributed by atoms with E-state index in [4.69, 9.17) is 4.74 Å². The van der Waals surface area contributed by atoms with Crippen LogP contribution in [0.15, 0.2) is 54.6 Å². The molecule has 1 N–H and O–H groups in total. The fraction of sp³-hybridized carbons (Fsp3) is 0.278. The number of hydrogen-bond acceptors (Lipinski definition) is 3. The molecule has 2 aromatic rings. The number of carbonyl (C=O) groups excluding carboxylic acids is 1. The van der Waals surface area contributed by atoms with Gasteiger partial charge in [0.05, 0.1) is 19.1 Å². The summed E-state index contributed by atoms with van der Waals surface area (Å²) >= 11 is 0. The van der Waals surface area contributed by atoms with E-state index in [1.54, 1.807) is 6.92 Å². The molecule has 0 spiro atoms. The molecule has 0 saturated carbocycles. The molecule has 0 heterocycles. The number of benzene rings is 2. The molecule has 2 rings (SSSR count). The van der Waals surface area contributed by atoms with Gasteiger partial charge in [-0.05, 0) is 30.0 Å². The normalized spacial score (nSPS) is 11.9. The molecule has 0 radical (unpaired) electrons. The van der Waals surface area contributed by atoms with Gasteiger partial charge in [0.15, 0.2) is 0 Å². The van der Waals surface area contributed by atoms with Crippen LogP contribution in [-0.4, -0.2) is 23.8 Å². The first kappa shape index (κ1) is 15.3. The minimum absolute atomic E-state index is 0.0312. The van der Waals surface area contributed by atoms with Gasteiger partial charge in [0.1, 0.15) is 0 Å². The number of ether oxygens (including phenoxy) is 1. The van der Waals surface area contributed by atoms with Crippen LogP contribution < -0.4 is 0 Å². The van der Waals surface area contributed by atoms with E-state index >= 15 is 0 Å². The Morgan fingerprint density at radius 3 is 2.52 bits per heavy atom. The lowest BCUT2D eigenvalue weighted by molar-refractivity contribution is -0.145. The molecular formula is C18H20O3. The van der Waals surface area contributed by atoms with E-state index in [1.807, 2.05) is 54.6 Å². The second-order valence-corrected chi connectivity index (χ2v) is 4.93. The third kappa shape index (κ3) is 4.72. The van der Waals surface area contributed by atoms with Gasteiger partial charge in [-0.25, -0.2) is 0 Å². The van der Waals surface area contributed by atoms with Gasteiger partial charge in [-0.3, -0.25) is 4.79 Å². The van der Waals surface area contributed by atoms with Crippen molar-refractivity contribution < 1.29 is 14.6 Å². The van der Waals surface area contributed by atoms with Crippen LogP contribution >= 0.6 is 0 Å². The van der Waals surface area contributed by atoms with Crippen molar-refractivity contribution in [1.29, 1.82) is 0 Å². The quantitative estimate of drug-likeness (QED) is 0.829. The summed E-state index contributed by atoms with van der Waals surface area (Å²) < 4.78 is 4.84. The molecule has 0 aliphatic heterocycles. The minimum Gasteiger partial charge on any atom is -0.466 e. The predicted molar refractivity (Wildman–Crippen MR) is 82.8 cm³/mol. The van der Waals surface area contributed by atoms with Crippen LogP contribution in [-0.2, 0) is 16.0 Å². The first-order chi connectivity index (χ1) is 10.2. The topological polar surface area (TPSA) is 46.5 Å². The van der Waals surface area contributed by atoms with Crippen LogP contribution in [0.3, 0.4) is 0 Å². The van der Waals surface area contributed by atoms with Crippen molar-refractivity contribution in [2.75, 3.05) is 6.61 Å². The van der Waals surface area contributed by atoms with Gasteiger partial charge in [-0.1, -0.05) is 54.6 Å². The van der Waals surface area contributed by atoms with Gasteiger partial charge in [0.25, 0.3) is 0 Å². The van der Waals surface area contributed by atoms with Crippen LogP contribution in [0.1, 0.15) is 18.9 Å². The van der Waals surface area contributed by atoms with Gasteiger partial charge in [-0.2, -0.15) is 0 Å². The van der Waals surface area contributed by atoms with Crippen LogP contribution in [0.5, 0.6) is 0 Å². The Hall–Kier alpha value is -2.13. The van der Waals surface area contributed by atoms with Crippen molar-refractivity contribution >= 4 is 5.97 Å². The average Bonchev–Trinajstić information content (AvgIpc) is 2.48. The third-order valence-corrected chi connectivity index (χ3v) is 3.21. The minimum atomic E-state index is -0.713. The number of esters is 1. The second-order valence-electron chi connectivity index (χ2n) is 4.93. The summed E-state index contributed by atoms with van der Waals surface area (Å²) in [6, 6.07) is 18.1. The van der Waals surface area contributed by atoms with Gasteiger partial charge in [-0.15, -0.1) is 0 Å². The molecule has 0 aliphatic carbocycles. The molecule has 0 amide bonds. The summed E-state index contributed by atoms with van der Waals surface area (Å²) in [7, 11) is 0. The SMILES string of the molecule is CCOC(=O)C[C@@H](O)Cc1cccc(-c2ccccc2)c1. The van der Waals surface area contributed by atoms with Crippen molar-refractivity contribution in [3.63, 3.8) is 0 Å². The summed E-state index contributed by atoms with van der Waals surface area (Å²) in [5.74, 6) is -0.357. The van der Waals surface area contributed by atoms with E-state index in [2.05, 4.69) is 0 Å². The van der Waals surface area contributed by atoms with Crippen LogP contribution in [0.25, 0.3) is 11.1 Å². The zero-order valence-corrected chi connectivity index (χ0v) is 12.2. The first-order valence-electron chi connectivity index (χ1n) is 7.17. The Labute approximate surface area is 125 Å². The summed E-state index contributed by atoms with van der Waals surface area (Å²) in [6.07, 6.45) is -0.238. The Morgan fingerprint density at radius 1 is 1.10 bits per heavy atom. The van der Waals surface area contributed by atoms with Gasteiger partial charge in [0, 0.05) is 0 Å². The highest BCUT2D eigenvalue weighted by atomic mass is 16.5. The number of rotatable bonds is 6. The molecule has 0 unspecified atom stereocenters. The fourth-order valence-corrected chi connectivity index (χ4v) is 2.27. The molecule has 2 aromatic carbocycles. The standard InChI is InChI=1S/C18H20O3/c1-2-21-18(20)13-17(19)12-14-7-6-10-16(11-14)15-8-4-3-5-9-15/h3-11,17,19H,2,12-13H2,1H3/t17-/m0/s1. The van der Waals surface area contributed by atoms with Crippen molar-refractivity contribution in [3.05, 3.63) is 60.2 Å². The van der Waals surface area contributed by atoms with Crippen molar-refractivity contribution in [3.8, 4) is 11.1 Å². The van der Waals surface area contributed by atoms with E-state index in [0.717, 1.165) is 16.7 Å². The lowest BCUT2D eigenvalue weighted by Gasteiger charge is -2.11. The van der Waals surface area contributed by atoms with Gasteiger partial charge >= 0.3 is 5.97 Å². The molecule has 0 aliphatic rings. The lowest BCUT2D eigenvalue weighted by Crippen LogP contribution is -2.18. The Kier molecular flexibility index (Phi) is 5.52. The summed E-state index contributed by atoms with van der Waals surface area (Å²) in [4.78, 5) is 11.3. The highest BCUT2D eigenvalue weighted by Gasteiger charge is 2.12. The van der Waals surface area contributed by atoms with Crippen molar-refractivity contribution in [2.24, 2.45) is 0 Å². The molecule has 0 saturated heterocycles. The van der Waals surface area contributed by atoms with E-state index in [-0.39, 0.29) is 12.4 Å². The molecule has 1 atom stereocenters. The van der Waals surface area contributed by atoms with E-state index in [0.29, 0.717) is 13.0 Å². The lowest BCUT2D eigenvalue weighted by atomic mass is 9.99. The smallest absolute Gasteiger partial charge is 0.308 e. The number of aliphatic hydroxyl groups is 1. The van der Waals surface area contributed by atoms with Crippen molar-refractivity contribution in [2.45, 2.75) is 25.9 Å². The predicted octanol–water partition coefficient (Wildman–Crippen LogP) is 3.21. The second kappa shape index (κ2) is 7.60. The highest BCUT2D eigenvalue weighted by molar-refractivity contribution is 5.70. The number of carbonyl (C=O) groups is 1. The molecule has 0 bridgehead atoms. The van der Waals surface area contributed by atoms with Crippen LogP contribution in [0.2, 0.25) is 0 Å². The van der Waals surface area contributed by atoms with Crippen LogP contribution in [0.4, 0.5) is 0 Å². The first-order valence-corrected chi connectivity index (χ1v) is 7.17. The molecule has 3 nitrogen and oxygen atoms in total. The Morgan fingerprint density at radius 2 is 1.81 bits per heavy atom. The average molecular weight is 284 g/mol. The molecule has 0 fully saturated rings. The zero-order chi connectivity index (χ0) is 15.1. The van der Waals surface area contributed by atoms with E-state index < -0.39 is 6.10 Å². The van der Waals surface area contributed by atoms with Crippen LogP contribution in [0, 0.1) is 0 Å². The monoisotopic (exact) mass is 284 g/mol. The van der Waals surface area contributed by atoms with Gasteiger partial charge < -0.3 is 9.84 Å². The fourth-order valence-electron chi connectivity index (χ4n) is 2.27. The van der Waals surface area contributed by atoms with E-state index in [9.17, 15) is 9.90 Å². The van der Waals surface area contributed by atoms with Crippen molar-refractivity contribution in [1.82, 2.24) is 0 Å². The Balaban J connectivity index is 2.03. The summed E-state index contributed by atoms with van der Waals surface area (Å²) in [5.41, 5.74) is 3.25. The maximum atomic E-state index is 11.3. The molecular weight excluding hydrogens is 264 g/mol. The Bertz CT molecular complexity index is 578. The molecule has 3 heteroatoms. The summed E-state index contributed by atoms with van der Waals surface area (Å²) in [6.45, 7) is 2.10.